The van der Waals surface area contributed by atoms with Gasteiger partial charge in [0.1, 0.15) is 17.3 Å². The molecule has 0 fully saturated rings. The minimum Gasteiger partial charge on any atom is -0.496 e. The van der Waals surface area contributed by atoms with E-state index in [0.717, 1.165) is 16.0 Å². The number of benzene rings is 3. The Morgan fingerprint density at radius 2 is 1.87 bits per heavy atom. The van der Waals surface area contributed by atoms with Crippen LogP contribution in [0.2, 0.25) is 0 Å². The Morgan fingerprint density at radius 3 is 2.54 bits per heavy atom. The van der Waals surface area contributed by atoms with Gasteiger partial charge in [-0.3, -0.25) is 19.5 Å². The van der Waals surface area contributed by atoms with Crippen LogP contribution in [-0.4, -0.2) is 35.4 Å². The number of rotatable bonds is 9. The fraction of sp³-hybridized carbons (Fsp3) is 0.147. The fourth-order valence-corrected chi connectivity index (χ4v) is 6.64. The zero-order valence-electron chi connectivity index (χ0n) is 25.0. The van der Waals surface area contributed by atoms with Crippen molar-refractivity contribution in [2.45, 2.75) is 17.9 Å². The third-order valence-corrected chi connectivity index (χ3v) is 9.09. The molecule has 3 heterocycles. The number of furan rings is 1. The molecule has 0 saturated heterocycles. The van der Waals surface area contributed by atoms with Crippen molar-refractivity contribution in [1.29, 1.82) is 0 Å². The summed E-state index contributed by atoms with van der Waals surface area (Å²) in [5.74, 6) is 0.531. The lowest BCUT2D eigenvalue weighted by molar-refractivity contribution is -0.384. The van der Waals surface area contributed by atoms with Gasteiger partial charge in [0.05, 0.1) is 46.0 Å². The third kappa shape index (κ3) is 5.80. The summed E-state index contributed by atoms with van der Waals surface area (Å²) in [7, 11) is 1.47. The summed E-state index contributed by atoms with van der Waals surface area (Å²) in [6, 6.07) is 23.8. The number of thiazole rings is 1. The van der Waals surface area contributed by atoms with E-state index in [2.05, 4.69) is 0 Å². The van der Waals surface area contributed by atoms with E-state index in [9.17, 15) is 19.7 Å². The predicted octanol–water partition coefficient (Wildman–Crippen LogP) is 5.83. The first-order valence-corrected chi connectivity index (χ1v) is 16.2. The molecule has 46 heavy (non-hydrogen) atoms. The molecule has 0 spiro atoms. The van der Waals surface area contributed by atoms with Crippen molar-refractivity contribution in [3.05, 3.63) is 137 Å². The fourth-order valence-electron chi connectivity index (χ4n) is 5.25. The van der Waals surface area contributed by atoms with Crippen molar-refractivity contribution >= 4 is 46.5 Å². The molecule has 6 rings (SSSR count). The Bertz CT molecular complexity index is 2160. The first-order chi connectivity index (χ1) is 22.3. The molecule has 0 aliphatic carbocycles. The second kappa shape index (κ2) is 13.0. The molecule has 0 amide bonds. The molecule has 0 saturated carbocycles. The number of nitrogens with zero attached hydrogens (tertiary/aromatic N) is 3. The highest BCUT2D eigenvalue weighted by atomic mass is 32.2. The number of ether oxygens (including phenoxy) is 2. The highest BCUT2D eigenvalue weighted by Crippen LogP contribution is 2.36. The quantitative estimate of drug-likeness (QED) is 0.0842. The van der Waals surface area contributed by atoms with Gasteiger partial charge in [-0.1, -0.05) is 53.8 Å². The van der Waals surface area contributed by atoms with Crippen LogP contribution in [-0.2, 0) is 9.53 Å². The SMILES string of the molecule is CCOC(=O)C1=C(c2ccccc2)N=c2s/c(=C\c3ccc(-c4cc([N+](=O)[O-])ccc4OC)o3)c(=O)n2C1c1ccc(SC)cc1. The number of fused-ring (bicyclic) bond motifs is 1. The van der Waals surface area contributed by atoms with E-state index in [1.165, 1.54) is 41.2 Å². The average Bonchev–Trinajstić information content (AvgIpc) is 3.67. The van der Waals surface area contributed by atoms with Gasteiger partial charge in [-0.25, -0.2) is 9.79 Å². The van der Waals surface area contributed by atoms with Crippen LogP contribution in [0.25, 0.3) is 23.1 Å². The predicted molar refractivity (Wildman–Crippen MR) is 177 cm³/mol. The maximum absolute atomic E-state index is 14.2. The Balaban J connectivity index is 1.54. The van der Waals surface area contributed by atoms with Crippen molar-refractivity contribution in [2.75, 3.05) is 20.0 Å². The summed E-state index contributed by atoms with van der Waals surface area (Å²) >= 11 is 2.76. The van der Waals surface area contributed by atoms with Crippen LogP contribution in [0.3, 0.4) is 0 Å². The van der Waals surface area contributed by atoms with Crippen molar-refractivity contribution in [2.24, 2.45) is 4.99 Å². The van der Waals surface area contributed by atoms with Crippen LogP contribution in [0.5, 0.6) is 5.75 Å². The first-order valence-electron chi connectivity index (χ1n) is 14.2. The lowest BCUT2D eigenvalue weighted by Crippen LogP contribution is -2.40. The largest absolute Gasteiger partial charge is 0.496 e. The Hall–Kier alpha value is -5.20. The molecule has 3 aromatic carbocycles. The molecule has 10 nitrogen and oxygen atoms in total. The van der Waals surface area contributed by atoms with E-state index in [-0.39, 0.29) is 23.4 Å². The van der Waals surface area contributed by atoms with Gasteiger partial charge in [0, 0.05) is 28.7 Å². The van der Waals surface area contributed by atoms with Gasteiger partial charge in [-0.15, -0.1) is 11.8 Å². The summed E-state index contributed by atoms with van der Waals surface area (Å²) in [6.07, 6.45) is 3.58. The van der Waals surface area contributed by atoms with Crippen LogP contribution in [0.4, 0.5) is 5.69 Å². The van der Waals surface area contributed by atoms with Crippen molar-refractivity contribution in [3.63, 3.8) is 0 Å². The number of carbonyl (C=O) groups excluding carboxylic acids is 1. The molecule has 1 aliphatic heterocycles. The number of esters is 1. The Kier molecular flexibility index (Phi) is 8.73. The van der Waals surface area contributed by atoms with Gasteiger partial charge in [0.15, 0.2) is 4.80 Å². The Morgan fingerprint density at radius 1 is 1.11 bits per heavy atom. The van der Waals surface area contributed by atoms with Crippen LogP contribution >= 0.6 is 23.1 Å². The lowest BCUT2D eigenvalue weighted by Gasteiger charge is -2.26. The zero-order chi connectivity index (χ0) is 32.4. The monoisotopic (exact) mass is 653 g/mol. The molecular formula is C34H27N3O7S2. The summed E-state index contributed by atoms with van der Waals surface area (Å²) in [5, 5.41) is 11.4. The van der Waals surface area contributed by atoms with Crippen LogP contribution in [0, 0.1) is 10.1 Å². The first kappa shape index (κ1) is 30.8. The normalized spacial score (nSPS) is 14.5. The number of hydrogen-bond acceptors (Lipinski definition) is 10. The number of hydrogen-bond donors (Lipinski definition) is 0. The van der Waals surface area contributed by atoms with Crippen LogP contribution in [0.15, 0.2) is 110 Å². The number of nitro benzene ring substituents is 1. The zero-order valence-corrected chi connectivity index (χ0v) is 26.6. The number of methoxy groups -OCH3 is 1. The smallest absolute Gasteiger partial charge is 0.338 e. The molecule has 5 aromatic rings. The third-order valence-electron chi connectivity index (χ3n) is 7.36. The average molecular weight is 654 g/mol. The van der Waals surface area contributed by atoms with Crippen LogP contribution < -0.4 is 19.6 Å². The van der Waals surface area contributed by atoms with E-state index >= 15 is 0 Å². The number of thioether (sulfide) groups is 1. The van der Waals surface area contributed by atoms with Gasteiger partial charge in [-0.2, -0.15) is 0 Å². The molecule has 0 radical (unpaired) electrons. The van der Waals surface area contributed by atoms with E-state index < -0.39 is 16.9 Å². The highest BCUT2D eigenvalue weighted by molar-refractivity contribution is 7.98. The van der Waals surface area contributed by atoms with Crippen molar-refractivity contribution in [3.8, 4) is 17.1 Å². The van der Waals surface area contributed by atoms with Gasteiger partial charge in [0.25, 0.3) is 11.2 Å². The van der Waals surface area contributed by atoms with Crippen molar-refractivity contribution in [1.82, 2.24) is 4.57 Å². The minimum atomic E-state index is -0.801. The number of carbonyl (C=O) groups is 1. The van der Waals surface area contributed by atoms with Gasteiger partial charge < -0.3 is 13.9 Å². The lowest BCUT2D eigenvalue weighted by atomic mass is 9.93. The van der Waals surface area contributed by atoms with Gasteiger partial charge in [0.2, 0.25) is 0 Å². The summed E-state index contributed by atoms with van der Waals surface area (Å²) < 4.78 is 18.8. The second-order valence-corrected chi connectivity index (χ2v) is 11.9. The molecule has 2 aromatic heterocycles. The van der Waals surface area contributed by atoms with E-state index in [1.54, 1.807) is 36.9 Å². The standard InChI is InChI=1S/C34H27N3O7S2/c1-4-43-33(39)29-30(20-8-6-5-7-9-20)35-34-36(31(29)21-10-14-24(45-3)15-11-21)32(38)28(46-34)19-23-13-17-27(44-23)25-18-22(37(40)41)12-16-26(25)42-2/h5-19,31H,4H2,1-3H3/b28-19-. The summed E-state index contributed by atoms with van der Waals surface area (Å²) in [6.45, 7) is 1.89. The van der Waals surface area contributed by atoms with Gasteiger partial charge in [-0.05, 0) is 49.1 Å². The second-order valence-electron chi connectivity index (χ2n) is 10.0. The number of aromatic nitrogens is 1. The molecule has 1 unspecified atom stereocenters. The molecule has 1 aliphatic rings. The molecule has 1 atom stereocenters. The van der Waals surface area contributed by atoms with Crippen molar-refractivity contribution < 1.29 is 23.6 Å². The maximum atomic E-state index is 14.2. The molecule has 0 bridgehead atoms. The minimum absolute atomic E-state index is 0.112. The molecule has 232 valence electrons. The van der Waals surface area contributed by atoms with E-state index in [4.69, 9.17) is 18.9 Å². The summed E-state index contributed by atoms with van der Waals surface area (Å²) in [5.41, 5.74) is 2.08. The van der Waals surface area contributed by atoms with E-state index in [0.29, 0.717) is 37.9 Å². The molecular weight excluding hydrogens is 627 g/mol. The summed E-state index contributed by atoms with van der Waals surface area (Å²) in [4.78, 5) is 45.0. The number of non-ortho nitro benzene ring substituents is 1. The Labute approximate surface area is 271 Å². The van der Waals surface area contributed by atoms with Crippen LogP contribution in [0.1, 0.15) is 29.9 Å². The topological polar surface area (TPSA) is 126 Å². The number of nitro groups is 1. The highest BCUT2D eigenvalue weighted by Gasteiger charge is 2.35. The maximum Gasteiger partial charge on any atom is 0.338 e. The molecule has 0 N–H and O–H groups in total. The van der Waals surface area contributed by atoms with Gasteiger partial charge >= 0.3 is 5.97 Å². The molecule has 12 heteroatoms. The van der Waals surface area contributed by atoms with E-state index in [1.807, 2.05) is 60.9 Å².